The van der Waals surface area contributed by atoms with E-state index in [9.17, 15) is 13.2 Å². The Bertz CT molecular complexity index is 1350. The Morgan fingerprint density at radius 1 is 1.03 bits per heavy atom. The van der Waals surface area contributed by atoms with Crippen LogP contribution in [0.25, 0.3) is 11.3 Å². The average molecular weight is 495 g/mol. The normalized spacial score (nSPS) is 19.4. The summed E-state index contributed by atoms with van der Waals surface area (Å²) in [5, 5.41) is 3.38. The van der Waals surface area contributed by atoms with Crippen LogP contribution >= 0.6 is 0 Å². The molecule has 0 fully saturated rings. The van der Waals surface area contributed by atoms with Crippen molar-refractivity contribution in [1.82, 2.24) is 9.97 Å². The van der Waals surface area contributed by atoms with Crippen molar-refractivity contribution in [3.63, 3.8) is 0 Å². The fourth-order valence-corrected chi connectivity index (χ4v) is 5.26. The quantitative estimate of drug-likeness (QED) is 0.496. The van der Waals surface area contributed by atoms with E-state index in [0.717, 1.165) is 16.7 Å². The van der Waals surface area contributed by atoms with Gasteiger partial charge < -0.3 is 10.1 Å². The van der Waals surface area contributed by atoms with E-state index in [2.05, 4.69) is 33.9 Å². The van der Waals surface area contributed by atoms with E-state index in [1.54, 1.807) is 6.07 Å². The van der Waals surface area contributed by atoms with Gasteiger partial charge in [0.1, 0.15) is 11.9 Å². The summed E-state index contributed by atoms with van der Waals surface area (Å²) in [5.74, 6) is 0.110. The summed E-state index contributed by atoms with van der Waals surface area (Å²) in [7, 11) is -4.06. The monoisotopic (exact) mass is 494 g/mol. The van der Waals surface area contributed by atoms with E-state index >= 15 is 0 Å². The van der Waals surface area contributed by atoms with Gasteiger partial charge >= 0.3 is 5.97 Å². The van der Waals surface area contributed by atoms with Crippen molar-refractivity contribution >= 4 is 27.8 Å². The first kappa shape index (κ1) is 24.7. The van der Waals surface area contributed by atoms with Gasteiger partial charge in [0.2, 0.25) is 5.95 Å². The molecule has 184 valence electrons. The van der Waals surface area contributed by atoms with Crippen LogP contribution in [-0.4, -0.2) is 36.5 Å². The summed E-state index contributed by atoms with van der Waals surface area (Å²) in [6.07, 6.45) is 0.207. The van der Waals surface area contributed by atoms with Crippen LogP contribution in [0.1, 0.15) is 48.7 Å². The first-order chi connectivity index (χ1) is 16.5. The Kier molecular flexibility index (Phi) is 6.80. The van der Waals surface area contributed by atoms with Gasteiger partial charge in [-0.15, -0.1) is 0 Å². The molecule has 0 spiro atoms. The molecule has 1 aliphatic rings. The maximum Gasteiger partial charge on any atom is 0.338 e. The van der Waals surface area contributed by atoms with Crippen molar-refractivity contribution in [3.05, 3.63) is 65.2 Å². The molecule has 35 heavy (non-hydrogen) atoms. The molecule has 0 aliphatic carbocycles. The van der Waals surface area contributed by atoms with Crippen LogP contribution in [0.15, 0.2) is 53.4 Å². The molecular weight excluding hydrogens is 464 g/mol. The van der Waals surface area contributed by atoms with Gasteiger partial charge in [0.15, 0.2) is 0 Å². The van der Waals surface area contributed by atoms with Crippen LogP contribution < -0.4 is 10.0 Å². The van der Waals surface area contributed by atoms with Gasteiger partial charge in [0, 0.05) is 11.6 Å². The van der Waals surface area contributed by atoms with E-state index in [-0.39, 0.29) is 22.4 Å². The minimum Gasteiger partial charge on any atom is -0.457 e. The Morgan fingerprint density at radius 2 is 1.71 bits per heavy atom. The smallest absolute Gasteiger partial charge is 0.338 e. The minimum atomic E-state index is -4.06. The number of carbonyl (C=O) groups excluding carboxylic acids is 1. The Balaban J connectivity index is 1.91. The van der Waals surface area contributed by atoms with Gasteiger partial charge in [-0.05, 0) is 62.4 Å². The lowest BCUT2D eigenvalue weighted by Crippen LogP contribution is -2.36. The van der Waals surface area contributed by atoms with Crippen molar-refractivity contribution in [3.8, 4) is 11.3 Å². The zero-order valence-electron chi connectivity index (χ0n) is 20.5. The number of sulfonamides is 1. The zero-order valence-corrected chi connectivity index (χ0v) is 21.3. The highest BCUT2D eigenvalue weighted by Crippen LogP contribution is 2.30. The van der Waals surface area contributed by atoms with E-state index in [4.69, 9.17) is 4.74 Å². The van der Waals surface area contributed by atoms with Gasteiger partial charge in [0.25, 0.3) is 10.0 Å². The molecule has 0 saturated carbocycles. The topological polar surface area (TPSA) is 110 Å². The van der Waals surface area contributed by atoms with Gasteiger partial charge in [0.05, 0.1) is 22.2 Å². The lowest BCUT2D eigenvalue weighted by molar-refractivity contribution is 0.0286. The van der Waals surface area contributed by atoms with E-state index in [1.165, 1.54) is 24.3 Å². The van der Waals surface area contributed by atoms with Crippen LogP contribution in [0.3, 0.4) is 0 Å². The van der Waals surface area contributed by atoms with Gasteiger partial charge in [-0.3, -0.25) is 0 Å². The number of nitrogens with zero attached hydrogens (tertiary/aromatic N) is 2. The third-order valence-electron chi connectivity index (χ3n) is 5.99. The summed E-state index contributed by atoms with van der Waals surface area (Å²) in [5.41, 5.74) is 3.67. The largest absolute Gasteiger partial charge is 0.457 e. The molecule has 4 bridgehead atoms. The standard InChI is InChI=1S/C26H30N4O4S/c1-15(2)12-21-18(5)34-25(31)19-10-7-11-20(13-19)35(32,33)30-26-28-22(14-23(27-21)29-26)24-16(3)8-6-9-17(24)4/h6-11,13-15,18,21H,12H2,1-5H3,(H2,27,28,29,30)/t18-,21+/m0/s1. The molecule has 2 aromatic carbocycles. The number of benzene rings is 2. The molecule has 0 saturated heterocycles. The second kappa shape index (κ2) is 9.65. The van der Waals surface area contributed by atoms with Crippen molar-refractivity contribution < 1.29 is 17.9 Å². The number of fused-ring (bicyclic) bond motifs is 4. The number of anilines is 2. The first-order valence-corrected chi connectivity index (χ1v) is 13.1. The summed E-state index contributed by atoms with van der Waals surface area (Å²) in [4.78, 5) is 21.8. The third kappa shape index (κ3) is 5.45. The van der Waals surface area contributed by atoms with E-state index < -0.39 is 22.1 Å². The SMILES string of the molecule is Cc1cccc(C)c1-c1cc2nc(n1)NS(=O)(=O)c1cccc(c1)C(=O)O[C@@H](C)[C@@H](CC(C)C)N2. The number of nitrogens with one attached hydrogen (secondary N) is 2. The molecular formula is C26H30N4O4S. The van der Waals surface area contributed by atoms with Crippen LogP contribution in [0.4, 0.5) is 11.8 Å². The number of cyclic esters (lactones) is 1. The van der Waals surface area contributed by atoms with Crippen molar-refractivity contribution in [2.45, 2.75) is 58.1 Å². The number of carbonyl (C=O) groups is 1. The van der Waals surface area contributed by atoms with Crippen LogP contribution in [0, 0.1) is 19.8 Å². The van der Waals surface area contributed by atoms with Gasteiger partial charge in [-0.2, -0.15) is 4.98 Å². The maximum atomic E-state index is 13.2. The molecule has 4 rings (SSSR count). The molecule has 2 heterocycles. The fraction of sp³-hybridized carbons (Fsp3) is 0.346. The Morgan fingerprint density at radius 3 is 2.40 bits per heavy atom. The Labute approximate surface area is 206 Å². The lowest BCUT2D eigenvalue weighted by atomic mass is 9.98. The Hall–Kier alpha value is -3.46. The van der Waals surface area contributed by atoms with E-state index in [0.29, 0.717) is 23.9 Å². The highest BCUT2D eigenvalue weighted by Gasteiger charge is 2.26. The zero-order chi connectivity index (χ0) is 25.3. The number of hydrogen-bond donors (Lipinski definition) is 2. The number of aryl methyl sites for hydroxylation is 2. The highest BCUT2D eigenvalue weighted by atomic mass is 32.2. The minimum absolute atomic E-state index is 0.0551. The summed E-state index contributed by atoms with van der Waals surface area (Å²) in [6.45, 7) is 9.97. The summed E-state index contributed by atoms with van der Waals surface area (Å²) < 4.78 is 34.6. The summed E-state index contributed by atoms with van der Waals surface area (Å²) in [6, 6.07) is 13.2. The second-order valence-corrected chi connectivity index (χ2v) is 11.0. The average Bonchev–Trinajstić information content (AvgIpc) is 2.77. The number of ether oxygens (including phenoxy) is 1. The fourth-order valence-electron chi connectivity index (χ4n) is 4.27. The predicted octanol–water partition coefficient (Wildman–Crippen LogP) is 4.95. The van der Waals surface area contributed by atoms with Crippen molar-refractivity contribution in [1.29, 1.82) is 0 Å². The predicted molar refractivity (Wildman–Crippen MR) is 136 cm³/mol. The molecule has 8 nitrogen and oxygen atoms in total. The van der Waals surface area contributed by atoms with Crippen LogP contribution in [0.2, 0.25) is 0 Å². The van der Waals surface area contributed by atoms with Crippen LogP contribution in [0.5, 0.6) is 0 Å². The first-order valence-electron chi connectivity index (χ1n) is 11.6. The van der Waals surface area contributed by atoms with Crippen molar-refractivity contribution in [2.75, 3.05) is 10.0 Å². The van der Waals surface area contributed by atoms with Gasteiger partial charge in [-0.25, -0.2) is 22.9 Å². The maximum absolute atomic E-state index is 13.2. The number of esters is 1. The molecule has 9 heteroatoms. The number of hydrogen-bond acceptors (Lipinski definition) is 7. The molecule has 1 aliphatic heterocycles. The molecule has 2 atom stereocenters. The van der Waals surface area contributed by atoms with E-state index in [1.807, 2.05) is 39.0 Å². The molecule has 2 N–H and O–H groups in total. The van der Waals surface area contributed by atoms with Gasteiger partial charge in [-0.1, -0.05) is 38.1 Å². The second-order valence-electron chi connectivity index (χ2n) is 9.35. The van der Waals surface area contributed by atoms with Crippen LogP contribution in [-0.2, 0) is 14.8 Å². The lowest BCUT2D eigenvalue weighted by Gasteiger charge is -2.27. The third-order valence-corrected chi connectivity index (χ3v) is 7.31. The molecule has 0 unspecified atom stereocenters. The molecule has 1 aromatic heterocycles. The highest BCUT2D eigenvalue weighted by molar-refractivity contribution is 7.92. The van der Waals surface area contributed by atoms with Crippen molar-refractivity contribution in [2.24, 2.45) is 5.92 Å². The number of aromatic nitrogens is 2. The molecule has 3 aromatic rings. The molecule has 0 radical (unpaired) electrons. The number of rotatable bonds is 3. The summed E-state index contributed by atoms with van der Waals surface area (Å²) >= 11 is 0. The molecule has 0 amide bonds.